The Morgan fingerprint density at radius 3 is 2.56 bits per heavy atom. The van der Waals surface area contributed by atoms with Crippen molar-refractivity contribution >= 4 is 5.78 Å². The lowest BCUT2D eigenvalue weighted by Gasteiger charge is -2.31. The third-order valence-corrected chi connectivity index (χ3v) is 3.65. The fourth-order valence-electron chi connectivity index (χ4n) is 2.15. The minimum Gasteiger partial charge on any atom is -0.384 e. The van der Waals surface area contributed by atoms with Crippen molar-refractivity contribution in [2.24, 2.45) is 11.8 Å². The first-order valence-corrected chi connectivity index (χ1v) is 6.41. The quantitative estimate of drug-likeness (QED) is 0.694. The molecule has 1 aliphatic rings. The molecule has 1 fully saturated rings. The van der Waals surface area contributed by atoms with Gasteiger partial charge in [-0.25, -0.2) is 0 Å². The van der Waals surface area contributed by atoms with Crippen molar-refractivity contribution in [2.45, 2.75) is 33.1 Å². The first-order chi connectivity index (χ1) is 7.67. The van der Waals surface area contributed by atoms with Crippen LogP contribution < -0.4 is 0 Å². The van der Waals surface area contributed by atoms with E-state index in [-0.39, 0.29) is 5.92 Å². The van der Waals surface area contributed by atoms with Crippen LogP contribution in [0, 0.1) is 11.8 Å². The Labute approximate surface area is 99.1 Å². The highest BCUT2D eigenvalue weighted by atomic mass is 16.5. The zero-order valence-electron chi connectivity index (χ0n) is 10.9. The molecule has 1 unspecified atom stereocenters. The molecule has 0 spiro atoms. The summed E-state index contributed by atoms with van der Waals surface area (Å²) < 4.78 is 5.17. The molecule has 0 aromatic rings. The van der Waals surface area contributed by atoms with Crippen LogP contribution in [0.5, 0.6) is 0 Å². The summed E-state index contributed by atoms with van der Waals surface area (Å²) in [7, 11) is 1.76. The van der Waals surface area contributed by atoms with E-state index in [4.69, 9.17) is 4.74 Å². The molecule has 0 amide bonds. The minimum atomic E-state index is 0.219. The number of ketones is 1. The Hall–Kier alpha value is -0.410. The Balaban J connectivity index is 2.24. The normalized spacial score (nSPS) is 20.9. The van der Waals surface area contributed by atoms with Gasteiger partial charge < -0.3 is 4.74 Å². The van der Waals surface area contributed by atoms with Crippen LogP contribution in [0.1, 0.15) is 33.1 Å². The number of likely N-dealkylation sites (tertiary alicyclic amines) is 1. The molecule has 16 heavy (non-hydrogen) atoms. The molecule has 1 saturated heterocycles. The van der Waals surface area contributed by atoms with Crippen molar-refractivity contribution in [1.29, 1.82) is 0 Å². The number of methoxy groups -OCH3 is 1. The summed E-state index contributed by atoms with van der Waals surface area (Å²) in [6.07, 6.45) is 3.29. The average Bonchev–Trinajstić information content (AvgIpc) is 2.31. The molecule has 0 bridgehead atoms. The van der Waals surface area contributed by atoms with E-state index < -0.39 is 0 Å². The van der Waals surface area contributed by atoms with Crippen molar-refractivity contribution < 1.29 is 9.53 Å². The lowest BCUT2D eigenvalue weighted by Crippen LogP contribution is -2.39. The summed E-state index contributed by atoms with van der Waals surface area (Å²) in [5.41, 5.74) is 0. The second-order valence-electron chi connectivity index (χ2n) is 4.95. The number of piperidine rings is 1. The number of ether oxygens (including phenoxy) is 1. The molecule has 0 radical (unpaired) electrons. The summed E-state index contributed by atoms with van der Waals surface area (Å²) in [6.45, 7) is 7.72. The van der Waals surface area contributed by atoms with Crippen molar-refractivity contribution in [2.75, 3.05) is 33.4 Å². The highest BCUT2D eigenvalue weighted by Crippen LogP contribution is 2.17. The van der Waals surface area contributed by atoms with E-state index >= 15 is 0 Å². The van der Waals surface area contributed by atoms with Crippen LogP contribution in [0.25, 0.3) is 0 Å². The molecule has 3 nitrogen and oxygen atoms in total. The van der Waals surface area contributed by atoms with Gasteiger partial charge in [0.25, 0.3) is 0 Å². The average molecular weight is 227 g/mol. The Morgan fingerprint density at radius 1 is 1.44 bits per heavy atom. The topological polar surface area (TPSA) is 29.5 Å². The van der Waals surface area contributed by atoms with Crippen molar-refractivity contribution in [3.8, 4) is 0 Å². The standard InChI is InChI=1S/C13H25NO2/c1-4-11(2)13(15)9-14-7-5-12(6-8-14)10-16-3/h11-12H,4-10H2,1-3H3. The minimum absolute atomic E-state index is 0.219. The van der Waals surface area contributed by atoms with Gasteiger partial charge >= 0.3 is 0 Å². The summed E-state index contributed by atoms with van der Waals surface area (Å²) in [6, 6.07) is 0. The van der Waals surface area contributed by atoms with E-state index in [1.807, 2.05) is 6.92 Å². The summed E-state index contributed by atoms with van der Waals surface area (Å²) in [4.78, 5) is 14.1. The Bertz CT molecular complexity index is 210. The maximum Gasteiger partial charge on any atom is 0.149 e. The molecule has 1 heterocycles. The van der Waals surface area contributed by atoms with Gasteiger partial charge in [-0.15, -0.1) is 0 Å². The van der Waals surface area contributed by atoms with E-state index in [9.17, 15) is 4.79 Å². The van der Waals surface area contributed by atoms with Crippen LogP contribution in [-0.2, 0) is 9.53 Å². The van der Waals surface area contributed by atoms with E-state index in [2.05, 4.69) is 11.8 Å². The highest BCUT2D eigenvalue weighted by molar-refractivity contribution is 5.82. The van der Waals surface area contributed by atoms with Gasteiger partial charge in [0.15, 0.2) is 0 Å². The monoisotopic (exact) mass is 227 g/mol. The number of Topliss-reactive ketones (excluding diaryl/α,β-unsaturated/α-hetero) is 1. The SMILES string of the molecule is CCC(C)C(=O)CN1CCC(COC)CC1. The molecule has 1 atom stereocenters. The number of carbonyl (C=O) groups is 1. The van der Waals surface area contributed by atoms with Gasteiger partial charge in [0, 0.05) is 19.6 Å². The first kappa shape index (κ1) is 13.7. The largest absolute Gasteiger partial charge is 0.384 e. The number of hydrogen-bond donors (Lipinski definition) is 0. The molecule has 0 N–H and O–H groups in total. The first-order valence-electron chi connectivity index (χ1n) is 6.41. The smallest absolute Gasteiger partial charge is 0.149 e. The number of nitrogens with zero attached hydrogens (tertiary/aromatic N) is 1. The second-order valence-corrected chi connectivity index (χ2v) is 4.95. The molecule has 0 aromatic carbocycles. The third kappa shape index (κ3) is 4.22. The third-order valence-electron chi connectivity index (χ3n) is 3.65. The van der Waals surface area contributed by atoms with Crippen LogP contribution in [-0.4, -0.2) is 44.0 Å². The van der Waals surface area contributed by atoms with Gasteiger partial charge in [-0.05, 0) is 38.3 Å². The molecule has 0 aliphatic carbocycles. The molecule has 1 aliphatic heterocycles. The van der Waals surface area contributed by atoms with E-state index in [0.29, 0.717) is 18.2 Å². The second kappa shape index (κ2) is 7.02. The fraction of sp³-hybridized carbons (Fsp3) is 0.923. The number of carbonyl (C=O) groups excluding carboxylic acids is 1. The van der Waals surface area contributed by atoms with Crippen LogP contribution in [0.15, 0.2) is 0 Å². The lowest BCUT2D eigenvalue weighted by atomic mass is 9.96. The van der Waals surface area contributed by atoms with Crippen LogP contribution in [0.4, 0.5) is 0 Å². The fourth-order valence-corrected chi connectivity index (χ4v) is 2.15. The van der Waals surface area contributed by atoms with Crippen molar-refractivity contribution in [3.05, 3.63) is 0 Å². The van der Waals surface area contributed by atoms with Gasteiger partial charge in [-0.1, -0.05) is 13.8 Å². The van der Waals surface area contributed by atoms with Gasteiger partial charge in [-0.2, -0.15) is 0 Å². The van der Waals surface area contributed by atoms with Gasteiger partial charge in [0.2, 0.25) is 0 Å². The molecule has 3 heteroatoms. The predicted molar refractivity (Wildman–Crippen MR) is 65.5 cm³/mol. The highest BCUT2D eigenvalue weighted by Gasteiger charge is 2.21. The van der Waals surface area contributed by atoms with E-state index in [1.165, 1.54) is 12.8 Å². The molecule has 94 valence electrons. The van der Waals surface area contributed by atoms with Gasteiger partial charge in [-0.3, -0.25) is 9.69 Å². The predicted octanol–water partition coefficient (Wildman–Crippen LogP) is 1.96. The Kier molecular flexibility index (Phi) is 5.99. The maximum atomic E-state index is 11.8. The lowest BCUT2D eigenvalue weighted by molar-refractivity contribution is -0.124. The molecule has 0 saturated carbocycles. The number of hydrogen-bond acceptors (Lipinski definition) is 3. The molecule has 1 rings (SSSR count). The van der Waals surface area contributed by atoms with Gasteiger partial charge in [0.05, 0.1) is 6.54 Å². The summed E-state index contributed by atoms with van der Waals surface area (Å²) in [5.74, 6) is 1.31. The summed E-state index contributed by atoms with van der Waals surface area (Å²) in [5, 5.41) is 0. The molecular weight excluding hydrogens is 202 g/mol. The van der Waals surface area contributed by atoms with Crippen molar-refractivity contribution in [1.82, 2.24) is 4.90 Å². The zero-order valence-corrected chi connectivity index (χ0v) is 10.9. The van der Waals surface area contributed by atoms with Crippen molar-refractivity contribution in [3.63, 3.8) is 0 Å². The van der Waals surface area contributed by atoms with E-state index in [0.717, 1.165) is 26.1 Å². The van der Waals surface area contributed by atoms with Crippen LogP contribution in [0.2, 0.25) is 0 Å². The van der Waals surface area contributed by atoms with Gasteiger partial charge in [0.1, 0.15) is 5.78 Å². The van der Waals surface area contributed by atoms with E-state index in [1.54, 1.807) is 7.11 Å². The van der Waals surface area contributed by atoms with Crippen LogP contribution >= 0.6 is 0 Å². The summed E-state index contributed by atoms with van der Waals surface area (Å²) >= 11 is 0. The zero-order chi connectivity index (χ0) is 12.0. The Morgan fingerprint density at radius 2 is 2.06 bits per heavy atom. The number of rotatable bonds is 6. The maximum absolute atomic E-state index is 11.8. The molecular formula is C13H25NO2. The molecule has 0 aromatic heterocycles. The van der Waals surface area contributed by atoms with Crippen LogP contribution in [0.3, 0.4) is 0 Å².